The van der Waals surface area contributed by atoms with E-state index in [0.29, 0.717) is 23.0 Å². The van der Waals surface area contributed by atoms with Crippen LogP contribution >= 0.6 is 15.9 Å². The maximum Gasteiger partial charge on any atom is 0.264 e. The number of aromatic nitrogens is 2. The highest BCUT2D eigenvalue weighted by atomic mass is 79.9. The Balaban J connectivity index is 2.04. The lowest BCUT2D eigenvalue weighted by Crippen LogP contribution is -1.98. The van der Waals surface area contributed by atoms with Crippen LogP contribution in [0.3, 0.4) is 0 Å². The van der Waals surface area contributed by atoms with Gasteiger partial charge in [-0.2, -0.15) is 10.2 Å². The fourth-order valence-electron chi connectivity index (χ4n) is 1.53. The van der Waals surface area contributed by atoms with Gasteiger partial charge in [0.2, 0.25) is 0 Å². The maximum absolute atomic E-state index is 9.01. The molecule has 6 heteroatoms. The van der Waals surface area contributed by atoms with Crippen molar-refractivity contribution in [1.82, 2.24) is 10.1 Å². The molecular weight excluding hydrogens is 310 g/mol. The molecule has 0 aliphatic rings. The van der Waals surface area contributed by atoms with E-state index >= 15 is 0 Å². The van der Waals surface area contributed by atoms with E-state index in [1.54, 1.807) is 12.1 Å². The predicted molar refractivity (Wildman–Crippen MR) is 71.5 cm³/mol. The Labute approximate surface area is 119 Å². The summed E-state index contributed by atoms with van der Waals surface area (Å²) >= 11 is 3.31. The molecule has 2 aromatic rings. The van der Waals surface area contributed by atoms with E-state index in [1.807, 2.05) is 13.0 Å². The number of hydrogen-bond acceptors (Lipinski definition) is 5. The molecule has 0 fully saturated rings. The van der Waals surface area contributed by atoms with Gasteiger partial charge in [0.05, 0.1) is 5.56 Å². The summed E-state index contributed by atoms with van der Waals surface area (Å²) in [5.41, 5.74) is 0.461. The monoisotopic (exact) mass is 321 g/mol. The molecule has 0 aliphatic heterocycles. The first-order chi connectivity index (χ1) is 9.22. The van der Waals surface area contributed by atoms with Gasteiger partial charge >= 0.3 is 0 Å². The molecule has 0 aliphatic carbocycles. The molecule has 1 aromatic heterocycles. The summed E-state index contributed by atoms with van der Waals surface area (Å²) in [5, 5.41) is 12.8. The quantitative estimate of drug-likeness (QED) is 0.845. The molecule has 0 atom stereocenters. The number of aryl methyl sites for hydroxylation is 1. The smallest absolute Gasteiger partial charge is 0.264 e. The third kappa shape index (κ3) is 3.55. The van der Waals surface area contributed by atoms with Crippen LogP contribution in [0, 0.1) is 11.3 Å². The Morgan fingerprint density at radius 2 is 2.32 bits per heavy atom. The van der Waals surface area contributed by atoms with Gasteiger partial charge in [-0.3, -0.25) is 0 Å². The Morgan fingerprint density at radius 1 is 1.47 bits per heavy atom. The largest absolute Gasteiger partial charge is 0.482 e. The first-order valence-corrected chi connectivity index (χ1v) is 6.66. The zero-order chi connectivity index (χ0) is 13.7. The molecule has 0 saturated heterocycles. The van der Waals surface area contributed by atoms with Gasteiger partial charge in [0.1, 0.15) is 11.8 Å². The third-order valence-corrected chi connectivity index (χ3v) is 2.89. The molecule has 0 bridgehead atoms. The summed E-state index contributed by atoms with van der Waals surface area (Å²) in [6.45, 7) is 2.21. The van der Waals surface area contributed by atoms with Crippen LogP contribution in [0.25, 0.3) is 0 Å². The Hall–Kier alpha value is -1.87. The Morgan fingerprint density at radius 3 is 3.05 bits per heavy atom. The summed E-state index contributed by atoms with van der Waals surface area (Å²) in [5.74, 6) is 1.59. The van der Waals surface area contributed by atoms with E-state index < -0.39 is 0 Å². The van der Waals surface area contributed by atoms with Crippen LogP contribution < -0.4 is 4.74 Å². The van der Waals surface area contributed by atoms with Crippen molar-refractivity contribution in [3.8, 4) is 11.8 Å². The fourth-order valence-corrected chi connectivity index (χ4v) is 1.89. The Bertz CT molecular complexity index is 604. The molecule has 1 aromatic carbocycles. The molecule has 0 saturated carbocycles. The van der Waals surface area contributed by atoms with Gasteiger partial charge in [-0.1, -0.05) is 28.0 Å². The zero-order valence-corrected chi connectivity index (χ0v) is 12.0. The molecule has 0 spiro atoms. The highest BCUT2D eigenvalue weighted by Gasteiger charge is 2.09. The fraction of sp³-hybridized carbons (Fsp3) is 0.308. The molecule has 98 valence electrons. The number of ether oxygens (including phenoxy) is 1. The number of hydrogen-bond donors (Lipinski definition) is 0. The molecule has 0 unspecified atom stereocenters. The van der Waals surface area contributed by atoms with Crippen molar-refractivity contribution < 1.29 is 9.26 Å². The minimum Gasteiger partial charge on any atom is -0.482 e. The molecule has 0 amide bonds. The van der Waals surface area contributed by atoms with Crippen molar-refractivity contribution in [2.45, 2.75) is 26.4 Å². The highest BCUT2D eigenvalue weighted by Crippen LogP contribution is 2.23. The van der Waals surface area contributed by atoms with Crippen LogP contribution in [-0.2, 0) is 13.0 Å². The first-order valence-electron chi connectivity index (χ1n) is 5.87. The van der Waals surface area contributed by atoms with Gasteiger partial charge in [-0.25, -0.2) is 0 Å². The summed E-state index contributed by atoms with van der Waals surface area (Å²) in [4.78, 5) is 4.19. The second kappa shape index (κ2) is 6.34. The topological polar surface area (TPSA) is 71.9 Å². The number of nitriles is 1. The van der Waals surface area contributed by atoms with E-state index in [0.717, 1.165) is 17.3 Å². The van der Waals surface area contributed by atoms with Gasteiger partial charge in [0, 0.05) is 10.9 Å². The highest BCUT2D eigenvalue weighted by molar-refractivity contribution is 9.10. The average Bonchev–Trinajstić information content (AvgIpc) is 2.85. The van der Waals surface area contributed by atoms with Crippen molar-refractivity contribution in [3.63, 3.8) is 0 Å². The maximum atomic E-state index is 9.01. The minimum absolute atomic E-state index is 0.160. The summed E-state index contributed by atoms with van der Waals surface area (Å²) in [6.07, 6.45) is 1.75. The zero-order valence-electron chi connectivity index (χ0n) is 10.4. The summed E-state index contributed by atoms with van der Waals surface area (Å²) in [6, 6.07) is 7.32. The van der Waals surface area contributed by atoms with Crippen LogP contribution in [0.1, 0.15) is 30.6 Å². The molecular formula is C13H12BrN3O2. The van der Waals surface area contributed by atoms with E-state index in [9.17, 15) is 0 Å². The lowest BCUT2D eigenvalue weighted by Gasteiger charge is -2.05. The first kappa shape index (κ1) is 13.6. The second-order valence-electron chi connectivity index (χ2n) is 3.90. The number of rotatable bonds is 5. The molecule has 5 nitrogen and oxygen atoms in total. The number of benzene rings is 1. The van der Waals surface area contributed by atoms with Crippen molar-refractivity contribution >= 4 is 15.9 Å². The van der Waals surface area contributed by atoms with Crippen LogP contribution in [0.5, 0.6) is 5.75 Å². The van der Waals surface area contributed by atoms with Gasteiger partial charge < -0.3 is 9.26 Å². The molecule has 2 rings (SSSR count). The normalized spacial score (nSPS) is 10.2. The van der Waals surface area contributed by atoms with Crippen molar-refractivity contribution in [2.75, 3.05) is 0 Å². The van der Waals surface area contributed by atoms with E-state index in [2.05, 4.69) is 32.1 Å². The van der Waals surface area contributed by atoms with Crippen LogP contribution in [0.4, 0.5) is 0 Å². The standard InChI is InChI=1S/C13H12BrN3O2/c1-2-3-12-16-13(19-17-12)8-18-11-5-4-10(14)6-9(11)7-15/h4-6H,2-3,8H2,1H3. The summed E-state index contributed by atoms with van der Waals surface area (Å²) in [7, 11) is 0. The van der Waals surface area contributed by atoms with Crippen molar-refractivity contribution in [3.05, 3.63) is 40.0 Å². The molecule has 0 radical (unpaired) electrons. The van der Waals surface area contributed by atoms with Gasteiger partial charge in [-0.05, 0) is 24.6 Å². The van der Waals surface area contributed by atoms with Gasteiger partial charge in [-0.15, -0.1) is 0 Å². The van der Waals surface area contributed by atoms with Crippen LogP contribution in [-0.4, -0.2) is 10.1 Å². The van der Waals surface area contributed by atoms with Gasteiger partial charge in [0.25, 0.3) is 5.89 Å². The predicted octanol–water partition coefficient (Wildman–Crippen LogP) is 3.24. The van der Waals surface area contributed by atoms with Crippen LogP contribution in [0.2, 0.25) is 0 Å². The molecule has 1 heterocycles. The third-order valence-electron chi connectivity index (χ3n) is 2.40. The van der Waals surface area contributed by atoms with Crippen molar-refractivity contribution in [2.24, 2.45) is 0 Å². The molecule has 19 heavy (non-hydrogen) atoms. The SMILES string of the molecule is CCCc1noc(COc2ccc(Br)cc2C#N)n1. The van der Waals surface area contributed by atoms with Crippen LogP contribution in [0.15, 0.2) is 27.2 Å². The number of nitrogens with zero attached hydrogens (tertiary/aromatic N) is 3. The minimum atomic E-state index is 0.160. The van der Waals surface area contributed by atoms with Crippen molar-refractivity contribution in [1.29, 1.82) is 5.26 Å². The summed E-state index contributed by atoms with van der Waals surface area (Å²) < 4.78 is 11.4. The Kier molecular flexibility index (Phi) is 4.53. The number of halogens is 1. The lowest BCUT2D eigenvalue weighted by atomic mass is 10.2. The average molecular weight is 322 g/mol. The van der Waals surface area contributed by atoms with E-state index in [4.69, 9.17) is 14.5 Å². The second-order valence-corrected chi connectivity index (χ2v) is 4.81. The molecule has 0 N–H and O–H groups in total. The van der Waals surface area contributed by atoms with E-state index in [1.165, 1.54) is 0 Å². The lowest BCUT2D eigenvalue weighted by molar-refractivity contribution is 0.242. The van der Waals surface area contributed by atoms with Gasteiger partial charge in [0.15, 0.2) is 12.4 Å². The van der Waals surface area contributed by atoms with E-state index in [-0.39, 0.29) is 6.61 Å².